The van der Waals surface area contributed by atoms with E-state index < -0.39 is 0 Å². The Bertz CT molecular complexity index is 427. The van der Waals surface area contributed by atoms with E-state index in [1.54, 1.807) is 11.1 Å². The molecule has 1 aromatic carbocycles. The molecule has 1 heterocycles. The number of nitrogens with zero attached hydrogens (tertiary/aromatic N) is 1. The van der Waals surface area contributed by atoms with Crippen molar-refractivity contribution >= 4 is 5.69 Å². The van der Waals surface area contributed by atoms with E-state index in [4.69, 9.17) is 5.73 Å². The number of piperidine rings is 1. The average Bonchev–Trinajstić information content (AvgIpc) is 2.41. The molecule has 1 saturated heterocycles. The van der Waals surface area contributed by atoms with Crippen LogP contribution in [0.25, 0.3) is 0 Å². The number of fused-ring (bicyclic) bond motifs is 1. The minimum Gasteiger partial charge on any atom is -0.371 e. The molecule has 2 nitrogen and oxygen atoms in total. The van der Waals surface area contributed by atoms with Crippen LogP contribution in [0.4, 0.5) is 5.69 Å². The number of hydrogen-bond donors (Lipinski definition) is 1. The molecule has 1 aliphatic heterocycles. The van der Waals surface area contributed by atoms with Gasteiger partial charge in [-0.3, -0.25) is 0 Å². The third kappa shape index (κ3) is 2.14. The third-order valence-electron chi connectivity index (χ3n) is 4.68. The fourth-order valence-electron chi connectivity index (χ4n) is 3.44. The van der Waals surface area contributed by atoms with Crippen LogP contribution in [0, 0.1) is 5.92 Å². The van der Waals surface area contributed by atoms with Gasteiger partial charge in [0.2, 0.25) is 0 Å². The summed E-state index contributed by atoms with van der Waals surface area (Å²) in [6.07, 6.45) is 6.38. The van der Waals surface area contributed by atoms with E-state index in [1.165, 1.54) is 31.4 Å². The molecule has 0 spiro atoms. The number of nitrogens with two attached hydrogens (primary N) is 1. The predicted molar refractivity (Wildman–Crippen MR) is 77.1 cm³/mol. The van der Waals surface area contributed by atoms with Gasteiger partial charge in [-0.1, -0.05) is 19.1 Å². The second-order valence-electron chi connectivity index (χ2n) is 6.00. The molecule has 0 aromatic heterocycles. The van der Waals surface area contributed by atoms with E-state index in [0.717, 1.165) is 19.5 Å². The summed E-state index contributed by atoms with van der Waals surface area (Å²) in [7, 11) is 0. The molecule has 3 rings (SSSR count). The lowest BCUT2D eigenvalue weighted by Gasteiger charge is -2.38. The van der Waals surface area contributed by atoms with Crippen LogP contribution in [0.3, 0.4) is 0 Å². The number of hydrogen-bond acceptors (Lipinski definition) is 2. The Morgan fingerprint density at radius 2 is 2.06 bits per heavy atom. The van der Waals surface area contributed by atoms with Crippen molar-refractivity contribution in [1.29, 1.82) is 0 Å². The molecule has 2 heteroatoms. The molecule has 2 unspecified atom stereocenters. The van der Waals surface area contributed by atoms with Crippen LogP contribution in [-0.4, -0.2) is 19.1 Å². The minimum atomic E-state index is 0.390. The molecule has 1 fully saturated rings. The Morgan fingerprint density at radius 1 is 1.22 bits per heavy atom. The molecule has 1 aromatic rings. The van der Waals surface area contributed by atoms with Crippen LogP contribution in [0.5, 0.6) is 0 Å². The molecule has 0 radical (unpaired) electrons. The molecule has 98 valence electrons. The lowest BCUT2D eigenvalue weighted by atomic mass is 9.88. The van der Waals surface area contributed by atoms with Crippen LogP contribution in [0.1, 0.15) is 37.3 Å². The Kier molecular flexibility index (Phi) is 3.29. The highest BCUT2D eigenvalue weighted by molar-refractivity contribution is 5.58. The highest BCUT2D eigenvalue weighted by Crippen LogP contribution is 2.32. The predicted octanol–water partition coefficient (Wildman–Crippen LogP) is 2.74. The van der Waals surface area contributed by atoms with Crippen LogP contribution >= 0.6 is 0 Å². The van der Waals surface area contributed by atoms with Crippen LogP contribution in [0.15, 0.2) is 18.2 Å². The summed E-state index contributed by atoms with van der Waals surface area (Å²) in [5.41, 5.74) is 10.8. The van der Waals surface area contributed by atoms with E-state index in [2.05, 4.69) is 30.0 Å². The highest BCUT2D eigenvalue weighted by atomic mass is 15.1. The molecule has 18 heavy (non-hydrogen) atoms. The lowest BCUT2D eigenvalue weighted by molar-refractivity contribution is 0.382. The summed E-state index contributed by atoms with van der Waals surface area (Å²) in [6, 6.07) is 7.25. The number of anilines is 1. The zero-order valence-corrected chi connectivity index (χ0v) is 11.4. The van der Waals surface area contributed by atoms with Gasteiger partial charge in [0.25, 0.3) is 0 Å². The topological polar surface area (TPSA) is 29.3 Å². The van der Waals surface area contributed by atoms with Gasteiger partial charge in [-0.15, -0.1) is 0 Å². The summed E-state index contributed by atoms with van der Waals surface area (Å²) >= 11 is 0. The summed E-state index contributed by atoms with van der Waals surface area (Å²) in [5, 5.41) is 0. The Balaban J connectivity index is 1.88. The lowest BCUT2D eigenvalue weighted by Crippen LogP contribution is -2.46. The van der Waals surface area contributed by atoms with E-state index in [1.807, 2.05) is 0 Å². The maximum atomic E-state index is 6.13. The number of rotatable bonds is 1. The molecule has 2 N–H and O–H groups in total. The quantitative estimate of drug-likeness (QED) is 0.823. The van der Waals surface area contributed by atoms with Crippen molar-refractivity contribution in [1.82, 2.24) is 0 Å². The van der Waals surface area contributed by atoms with E-state index in [9.17, 15) is 0 Å². The van der Waals surface area contributed by atoms with E-state index in [0.29, 0.717) is 12.0 Å². The first-order valence-corrected chi connectivity index (χ1v) is 7.37. The van der Waals surface area contributed by atoms with Gasteiger partial charge in [0, 0.05) is 24.8 Å². The van der Waals surface area contributed by atoms with Gasteiger partial charge in [0.15, 0.2) is 0 Å². The van der Waals surface area contributed by atoms with Crippen molar-refractivity contribution in [2.45, 2.75) is 45.1 Å². The minimum absolute atomic E-state index is 0.390. The van der Waals surface area contributed by atoms with Crippen molar-refractivity contribution in [3.8, 4) is 0 Å². The molecule has 0 amide bonds. The van der Waals surface area contributed by atoms with Gasteiger partial charge in [-0.05, 0) is 55.2 Å². The van der Waals surface area contributed by atoms with E-state index in [-0.39, 0.29) is 0 Å². The van der Waals surface area contributed by atoms with Gasteiger partial charge < -0.3 is 10.6 Å². The van der Waals surface area contributed by atoms with E-state index >= 15 is 0 Å². The van der Waals surface area contributed by atoms with Crippen LogP contribution < -0.4 is 10.6 Å². The maximum Gasteiger partial charge on any atom is 0.0401 e. The second kappa shape index (κ2) is 4.93. The van der Waals surface area contributed by atoms with Crippen LogP contribution in [-0.2, 0) is 12.8 Å². The first-order valence-electron chi connectivity index (χ1n) is 7.37. The van der Waals surface area contributed by atoms with Gasteiger partial charge in [-0.25, -0.2) is 0 Å². The molecule has 0 saturated carbocycles. The third-order valence-corrected chi connectivity index (χ3v) is 4.68. The SMILES string of the molecule is CC1CN(c2cccc3c2CCCC3)CCC1N. The summed E-state index contributed by atoms with van der Waals surface area (Å²) < 4.78 is 0. The Hall–Kier alpha value is -1.02. The second-order valence-corrected chi connectivity index (χ2v) is 6.00. The van der Waals surface area contributed by atoms with Crippen molar-refractivity contribution < 1.29 is 0 Å². The molecule has 1 aliphatic carbocycles. The van der Waals surface area contributed by atoms with Crippen molar-refractivity contribution in [2.75, 3.05) is 18.0 Å². The van der Waals surface area contributed by atoms with Gasteiger partial charge >= 0.3 is 0 Å². The number of benzene rings is 1. The Labute approximate surface area is 110 Å². The first kappa shape index (κ1) is 12.0. The smallest absolute Gasteiger partial charge is 0.0401 e. The fourth-order valence-corrected chi connectivity index (χ4v) is 3.44. The van der Waals surface area contributed by atoms with Crippen LogP contribution in [0.2, 0.25) is 0 Å². The van der Waals surface area contributed by atoms with Gasteiger partial charge in [-0.2, -0.15) is 0 Å². The zero-order valence-electron chi connectivity index (χ0n) is 11.4. The average molecular weight is 244 g/mol. The number of aryl methyl sites for hydroxylation is 1. The molecule has 0 bridgehead atoms. The molecule has 2 aliphatic rings. The molecular weight excluding hydrogens is 220 g/mol. The van der Waals surface area contributed by atoms with Gasteiger partial charge in [0.1, 0.15) is 0 Å². The highest BCUT2D eigenvalue weighted by Gasteiger charge is 2.25. The normalized spacial score (nSPS) is 28.0. The summed E-state index contributed by atoms with van der Waals surface area (Å²) in [5.74, 6) is 0.609. The van der Waals surface area contributed by atoms with Crippen molar-refractivity contribution in [3.63, 3.8) is 0 Å². The summed E-state index contributed by atoms with van der Waals surface area (Å²) in [4.78, 5) is 2.57. The summed E-state index contributed by atoms with van der Waals surface area (Å²) in [6.45, 7) is 4.53. The maximum absolute atomic E-state index is 6.13. The first-order chi connectivity index (χ1) is 8.75. The molecular formula is C16H24N2. The molecule has 2 atom stereocenters. The monoisotopic (exact) mass is 244 g/mol. The zero-order chi connectivity index (χ0) is 12.5. The van der Waals surface area contributed by atoms with Gasteiger partial charge in [0.05, 0.1) is 0 Å². The van der Waals surface area contributed by atoms with Crippen molar-refractivity contribution in [3.05, 3.63) is 29.3 Å². The largest absolute Gasteiger partial charge is 0.371 e. The van der Waals surface area contributed by atoms with Crippen molar-refractivity contribution in [2.24, 2.45) is 11.7 Å². The fraction of sp³-hybridized carbons (Fsp3) is 0.625. The standard InChI is InChI=1S/C16H24N2/c1-12-11-18(10-9-15(12)17)16-8-4-6-13-5-2-3-7-14(13)16/h4,6,8,12,15H,2-3,5,7,9-11,17H2,1H3. The Morgan fingerprint density at radius 3 is 2.89 bits per heavy atom.